The number of nitrogens with zero attached hydrogens (tertiary/aromatic N) is 3. The lowest BCUT2D eigenvalue weighted by atomic mass is 10.2. The van der Waals surface area contributed by atoms with E-state index < -0.39 is 9.73 Å². The smallest absolute Gasteiger partial charge is 0.257 e. The third-order valence-electron chi connectivity index (χ3n) is 5.19. The fraction of sp³-hybridized carbons (Fsp3) is 0.120. The SMILES string of the molecule is COc1cc2ncnc(N=S(C)(=O)c3ccc(NC(=S)NC(=O)c4ccccc4)cc3)c2cc1OC. The van der Waals surface area contributed by atoms with Crippen LogP contribution in [0.5, 0.6) is 11.5 Å². The van der Waals surface area contributed by atoms with Crippen molar-refractivity contribution in [3.05, 3.63) is 78.6 Å². The highest BCUT2D eigenvalue weighted by Crippen LogP contribution is 2.35. The Morgan fingerprint density at radius 2 is 1.64 bits per heavy atom. The predicted octanol–water partition coefficient (Wildman–Crippen LogP) is 4.56. The van der Waals surface area contributed by atoms with E-state index in [9.17, 15) is 9.00 Å². The summed E-state index contributed by atoms with van der Waals surface area (Å²) in [4.78, 5) is 21.3. The Bertz CT molecular complexity index is 1550. The molecule has 4 aromatic rings. The Morgan fingerprint density at radius 3 is 2.31 bits per heavy atom. The number of anilines is 1. The van der Waals surface area contributed by atoms with E-state index in [0.717, 1.165) is 0 Å². The number of benzene rings is 3. The van der Waals surface area contributed by atoms with E-state index in [0.29, 0.717) is 38.5 Å². The summed E-state index contributed by atoms with van der Waals surface area (Å²) in [6.07, 6.45) is 2.90. The number of ether oxygens (including phenoxy) is 2. The monoisotopic (exact) mass is 521 g/mol. The van der Waals surface area contributed by atoms with Crippen LogP contribution in [0.25, 0.3) is 10.9 Å². The van der Waals surface area contributed by atoms with Gasteiger partial charge in [0, 0.05) is 33.9 Å². The second-order valence-electron chi connectivity index (χ2n) is 7.61. The van der Waals surface area contributed by atoms with Crippen LogP contribution in [0.3, 0.4) is 0 Å². The Balaban J connectivity index is 1.55. The quantitative estimate of drug-likeness (QED) is 0.355. The van der Waals surface area contributed by atoms with Crippen LogP contribution in [0.2, 0.25) is 0 Å². The molecule has 0 bridgehead atoms. The molecular formula is C25H23N5O4S2. The van der Waals surface area contributed by atoms with E-state index in [1.807, 2.05) is 6.07 Å². The highest BCUT2D eigenvalue weighted by Gasteiger charge is 2.14. The van der Waals surface area contributed by atoms with E-state index in [4.69, 9.17) is 21.7 Å². The molecule has 0 spiro atoms. The van der Waals surface area contributed by atoms with Gasteiger partial charge in [-0.2, -0.15) is 4.36 Å². The standard InChI is InChI=1S/C25H23N5O4S2/c1-33-21-13-19-20(14-22(21)34-2)26-15-27-23(19)30-36(3,32)18-11-9-17(10-12-18)28-25(35)29-24(31)16-7-5-4-6-8-16/h4-15H,1-3H3,(H2,28,29,31,35). The largest absolute Gasteiger partial charge is 0.493 e. The predicted molar refractivity (Wildman–Crippen MR) is 144 cm³/mol. The molecule has 0 saturated carbocycles. The summed E-state index contributed by atoms with van der Waals surface area (Å²) >= 11 is 5.24. The van der Waals surface area contributed by atoms with Gasteiger partial charge in [-0.15, -0.1) is 0 Å². The summed E-state index contributed by atoms with van der Waals surface area (Å²) < 4.78 is 28.7. The zero-order valence-electron chi connectivity index (χ0n) is 19.7. The van der Waals surface area contributed by atoms with Crippen molar-refractivity contribution in [3.63, 3.8) is 0 Å². The molecule has 0 fully saturated rings. The van der Waals surface area contributed by atoms with Gasteiger partial charge in [-0.1, -0.05) is 18.2 Å². The van der Waals surface area contributed by atoms with Crippen LogP contribution in [0.15, 0.2) is 82.3 Å². The molecule has 11 heteroatoms. The van der Waals surface area contributed by atoms with E-state index in [2.05, 4.69) is 25.0 Å². The average molecular weight is 522 g/mol. The topological polar surface area (TPSA) is 115 Å². The van der Waals surface area contributed by atoms with Crippen molar-refractivity contribution in [1.82, 2.24) is 15.3 Å². The van der Waals surface area contributed by atoms with Crippen molar-refractivity contribution < 1.29 is 18.5 Å². The summed E-state index contributed by atoms with van der Waals surface area (Å²) in [5.41, 5.74) is 1.71. The van der Waals surface area contributed by atoms with Crippen molar-refractivity contribution in [2.75, 3.05) is 25.8 Å². The van der Waals surface area contributed by atoms with Gasteiger partial charge in [0.25, 0.3) is 5.91 Å². The lowest BCUT2D eigenvalue weighted by Gasteiger charge is -2.11. The highest BCUT2D eigenvalue weighted by atomic mass is 32.2. The van der Waals surface area contributed by atoms with Gasteiger partial charge in [0.05, 0.1) is 29.5 Å². The number of carbonyl (C=O) groups excluding carboxylic acids is 1. The van der Waals surface area contributed by atoms with Crippen molar-refractivity contribution in [1.29, 1.82) is 0 Å². The molecule has 184 valence electrons. The zero-order chi connectivity index (χ0) is 25.7. The van der Waals surface area contributed by atoms with Crippen LogP contribution in [0.4, 0.5) is 11.5 Å². The summed E-state index contributed by atoms with van der Waals surface area (Å²) in [7, 11) is 0.211. The minimum atomic E-state index is -2.86. The number of rotatable bonds is 6. The molecule has 4 rings (SSSR count). The average Bonchev–Trinajstić information content (AvgIpc) is 2.88. The molecule has 9 nitrogen and oxygen atoms in total. The molecule has 0 aliphatic rings. The molecule has 1 amide bonds. The molecule has 0 aliphatic heterocycles. The molecule has 0 radical (unpaired) electrons. The van der Waals surface area contributed by atoms with Crippen molar-refractivity contribution in [2.45, 2.75) is 4.90 Å². The van der Waals surface area contributed by atoms with Gasteiger partial charge < -0.3 is 14.8 Å². The third kappa shape index (κ3) is 5.58. The fourth-order valence-corrected chi connectivity index (χ4v) is 4.81. The second-order valence-corrected chi connectivity index (χ2v) is 10.3. The minimum Gasteiger partial charge on any atom is -0.493 e. The van der Waals surface area contributed by atoms with Gasteiger partial charge in [0.1, 0.15) is 6.33 Å². The van der Waals surface area contributed by atoms with Crippen LogP contribution in [0.1, 0.15) is 10.4 Å². The number of hydrogen-bond donors (Lipinski definition) is 2. The number of thiocarbonyl (C=S) groups is 1. The number of hydrogen-bond acceptors (Lipinski definition) is 8. The summed E-state index contributed by atoms with van der Waals surface area (Å²) in [6.45, 7) is 0. The van der Waals surface area contributed by atoms with Crippen molar-refractivity contribution in [2.24, 2.45) is 4.36 Å². The van der Waals surface area contributed by atoms with Crippen LogP contribution in [-0.4, -0.2) is 45.7 Å². The first-order valence-electron chi connectivity index (χ1n) is 10.7. The summed E-state index contributed by atoms with van der Waals surface area (Å²) in [5, 5.41) is 6.31. The Labute approximate surface area is 214 Å². The maximum absolute atomic E-state index is 13.5. The molecule has 0 saturated heterocycles. The van der Waals surface area contributed by atoms with Gasteiger partial charge in [-0.05, 0) is 54.7 Å². The first kappa shape index (κ1) is 25.0. The summed E-state index contributed by atoms with van der Waals surface area (Å²) in [6, 6.07) is 19.0. The summed E-state index contributed by atoms with van der Waals surface area (Å²) in [5.74, 6) is 0.976. The van der Waals surface area contributed by atoms with Gasteiger partial charge in [-0.3, -0.25) is 10.1 Å². The maximum Gasteiger partial charge on any atom is 0.257 e. The molecule has 1 unspecified atom stereocenters. The van der Waals surface area contributed by atoms with E-state index >= 15 is 0 Å². The number of fused-ring (bicyclic) bond motifs is 1. The number of amides is 1. The first-order valence-corrected chi connectivity index (χ1v) is 13.0. The van der Waals surface area contributed by atoms with E-state index in [-0.39, 0.29) is 16.8 Å². The Kier molecular flexibility index (Phi) is 7.41. The van der Waals surface area contributed by atoms with Gasteiger partial charge in [-0.25, -0.2) is 14.2 Å². The second kappa shape index (κ2) is 10.7. The first-order chi connectivity index (χ1) is 17.3. The molecule has 1 heterocycles. The van der Waals surface area contributed by atoms with Crippen LogP contribution in [-0.2, 0) is 9.73 Å². The molecule has 1 aromatic heterocycles. The Hall–Kier alpha value is -4.09. The molecule has 1 atom stereocenters. The van der Waals surface area contributed by atoms with Crippen LogP contribution in [0, 0.1) is 0 Å². The minimum absolute atomic E-state index is 0.148. The van der Waals surface area contributed by atoms with Gasteiger partial charge >= 0.3 is 0 Å². The van der Waals surface area contributed by atoms with Gasteiger partial charge in [0.2, 0.25) is 0 Å². The lowest BCUT2D eigenvalue weighted by molar-refractivity contribution is 0.0977. The Morgan fingerprint density at radius 1 is 0.972 bits per heavy atom. The van der Waals surface area contributed by atoms with E-state index in [1.165, 1.54) is 26.8 Å². The van der Waals surface area contributed by atoms with Gasteiger partial charge in [0.15, 0.2) is 22.4 Å². The van der Waals surface area contributed by atoms with E-state index in [1.54, 1.807) is 60.7 Å². The molecular weight excluding hydrogens is 498 g/mol. The third-order valence-corrected chi connectivity index (χ3v) is 7.07. The number of aromatic nitrogens is 2. The number of nitrogens with one attached hydrogen (secondary N) is 2. The molecule has 2 N–H and O–H groups in total. The number of carbonyl (C=O) groups is 1. The van der Waals surface area contributed by atoms with Crippen LogP contribution < -0.4 is 20.1 Å². The lowest BCUT2D eigenvalue weighted by Crippen LogP contribution is -2.34. The van der Waals surface area contributed by atoms with Crippen molar-refractivity contribution >= 4 is 55.4 Å². The number of methoxy groups -OCH3 is 2. The molecule has 0 aliphatic carbocycles. The van der Waals surface area contributed by atoms with Crippen molar-refractivity contribution in [3.8, 4) is 11.5 Å². The zero-order valence-corrected chi connectivity index (χ0v) is 21.4. The molecule has 36 heavy (non-hydrogen) atoms. The fourth-order valence-electron chi connectivity index (χ4n) is 3.38. The molecule has 3 aromatic carbocycles. The highest BCUT2D eigenvalue weighted by molar-refractivity contribution is 7.93. The van der Waals surface area contributed by atoms with Crippen LogP contribution >= 0.6 is 12.2 Å². The normalized spacial score (nSPS) is 12.3. The maximum atomic E-state index is 13.5.